The van der Waals surface area contributed by atoms with Crippen LogP contribution in [0.3, 0.4) is 0 Å². The first-order chi connectivity index (χ1) is 13.6. The van der Waals surface area contributed by atoms with Crippen molar-refractivity contribution in [2.24, 2.45) is 0 Å². The summed E-state index contributed by atoms with van der Waals surface area (Å²) in [5.41, 5.74) is 0.603. The van der Waals surface area contributed by atoms with Crippen LogP contribution < -0.4 is 14.4 Å². The van der Waals surface area contributed by atoms with Crippen molar-refractivity contribution in [1.29, 1.82) is 0 Å². The highest BCUT2D eigenvalue weighted by atomic mass is 35.5. The maximum Gasteiger partial charge on any atom is 0.266 e. The first kappa shape index (κ1) is 19.6. The normalized spacial score (nSPS) is 10.4. The van der Waals surface area contributed by atoms with Gasteiger partial charge in [0.2, 0.25) is 0 Å². The van der Waals surface area contributed by atoms with Gasteiger partial charge in [0.1, 0.15) is 23.1 Å². The number of hydrogen-bond acceptors (Lipinski definition) is 4. The van der Waals surface area contributed by atoms with E-state index in [-0.39, 0.29) is 24.1 Å². The molecule has 1 heterocycles. The molecule has 0 atom stereocenters. The molecule has 1 amide bonds. The molecule has 2 aromatic carbocycles. The van der Waals surface area contributed by atoms with Crippen molar-refractivity contribution in [3.8, 4) is 11.5 Å². The van der Waals surface area contributed by atoms with Crippen molar-refractivity contribution in [2.75, 3.05) is 18.6 Å². The molecule has 0 N–H and O–H groups in total. The summed E-state index contributed by atoms with van der Waals surface area (Å²) in [4.78, 5) is 18.5. The Balaban J connectivity index is 1.76. The summed E-state index contributed by atoms with van der Waals surface area (Å²) in [6.45, 7) is -0.0529. The van der Waals surface area contributed by atoms with Gasteiger partial charge in [-0.2, -0.15) is 0 Å². The third-order valence-electron chi connectivity index (χ3n) is 3.99. The van der Waals surface area contributed by atoms with E-state index in [1.165, 1.54) is 17.0 Å². The number of rotatable bonds is 7. The maximum atomic E-state index is 13.3. The van der Waals surface area contributed by atoms with Gasteiger partial charge in [0, 0.05) is 11.2 Å². The number of halogens is 2. The van der Waals surface area contributed by atoms with E-state index in [0.717, 1.165) is 0 Å². The van der Waals surface area contributed by atoms with Gasteiger partial charge >= 0.3 is 0 Å². The Bertz CT molecular complexity index is 936. The van der Waals surface area contributed by atoms with Gasteiger partial charge in [0.05, 0.1) is 13.7 Å². The molecule has 0 saturated carbocycles. The molecule has 0 fully saturated rings. The zero-order chi connectivity index (χ0) is 19.9. The highest BCUT2D eigenvalue weighted by Gasteiger charge is 2.19. The average Bonchev–Trinajstić information content (AvgIpc) is 2.72. The number of amides is 1. The number of methoxy groups -OCH3 is 1. The lowest BCUT2D eigenvalue weighted by Gasteiger charge is -2.22. The quantitative estimate of drug-likeness (QED) is 0.586. The van der Waals surface area contributed by atoms with Gasteiger partial charge in [0.25, 0.3) is 5.91 Å². The van der Waals surface area contributed by atoms with Gasteiger partial charge in [-0.15, -0.1) is 0 Å². The van der Waals surface area contributed by atoms with Crippen molar-refractivity contribution < 1.29 is 18.7 Å². The zero-order valence-electron chi connectivity index (χ0n) is 15.1. The molecule has 1 aromatic heterocycles. The number of hydrogen-bond donors (Lipinski definition) is 0. The van der Waals surface area contributed by atoms with Crippen molar-refractivity contribution in [1.82, 2.24) is 4.98 Å². The van der Waals surface area contributed by atoms with Crippen LogP contribution >= 0.6 is 11.6 Å². The van der Waals surface area contributed by atoms with Gasteiger partial charge in [-0.25, -0.2) is 9.37 Å². The Kier molecular flexibility index (Phi) is 6.45. The van der Waals surface area contributed by atoms with E-state index in [2.05, 4.69) is 4.98 Å². The molecule has 5 nitrogen and oxygen atoms in total. The van der Waals surface area contributed by atoms with E-state index in [0.29, 0.717) is 22.9 Å². The summed E-state index contributed by atoms with van der Waals surface area (Å²) >= 11 is 6.13. The SMILES string of the molecule is COc1ccc(OCC(=O)N(Cc2ccc(F)cc2Cl)c2ccccn2)cc1. The number of aromatic nitrogens is 1. The fourth-order valence-corrected chi connectivity index (χ4v) is 2.75. The molecule has 3 rings (SSSR count). The Morgan fingerprint density at radius 2 is 1.86 bits per heavy atom. The molecule has 0 saturated heterocycles. The lowest BCUT2D eigenvalue weighted by molar-refractivity contribution is -0.120. The molecule has 0 unspecified atom stereocenters. The molecule has 3 aromatic rings. The third kappa shape index (κ3) is 4.98. The van der Waals surface area contributed by atoms with E-state index in [4.69, 9.17) is 21.1 Å². The Morgan fingerprint density at radius 1 is 1.11 bits per heavy atom. The Labute approximate surface area is 167 Å². The van der Waals surface area contributed by atoms with Gasteiger partial charge in [0.15, 0.2) is 6.61 Å². The van der Waals surface area contributed by atoms with Crippen LogP contribution in [0.1, 0.15) is 5.56 Å². The lowest BCUT2D eigenvalue weighted by atomic mass is 10.2. The van der Waals surface area contributed by atoms with Gasteiger partial charge in [-0.1, -0.05) is 23.7 Å². The van der Waals surface area contributed by atoms with E-state index in [1.54, 1.807) is 61.8 Å². The first-order valence-electron chi connectivity index (χ1n) is 8.49. The number of pyridine rings is 1. The molecule has 0 aliphatic rings. The topological polar surface area (TPSA) is 51.7 Å². The minimum Gasteiger partial charge on any atom is -0.497 e. The molecule has 7 heteroatoms. The predicted molar refractivity (Wildman–Crippen MR) is 105 cm³/mol. The molecular formula is C21H18ClFN2O3. The minimum absolute atomic E-state index is 0.140. The predicted octanol–water partition coefficient (Wildman–Crippen LogP) is 4.49. The van der Waals surface area contributed by atoms with Crippen molar-refractivity contribution in [3.63, 3.8) is 0 Å². The zero-order valence-corrected chi connectivity index (χ0v) is 15.9. The van der Waals surface area contributed by atoms with E-state index in [1.807, 2.05) is 0 Å². The smallest absolute Gasteiger partial charge is 0.266 e. The first-order valence-corrected chi connectivity index (χ1v) is 8.87. The summed E-state index contributed by atoms with van der Waals surface area (Å²) in [5.74, 6) is 0.933. The van der Waals surface area contributed by atoms with Crippen LogP contribution in [-0.2, 0) is 11.3 Å². The van der Waals surface area contributed by atoms with Crippen LogP contribution in [-0.4, -0.2) is 24.6 Å². The van der Waals surface area contributed by atoms with Crippen LogP contribution in [0.15, 0.2) is 66.9 Å². The number of nitrogens with zero attached hydrogens (tertiary/aromatic N) is 2. The molecule has 28 heavy (non-hydrogen) atoms. The number of anilines is 1. The third-order valence-corrected chi connectivity index (χ3v) is 4.34. The van der Waals surface area contributed by atoms with Crippen molar-refractivity contribution in [2.45, 2.75) is 6.54 Å². The number of carbonyl (C=O) groups excluding carboxylic acids is 1. The molecule has 144 valence electrons. The molecule has 0 spiro atoms. The van der Waals surface area contributed by atoms with Crippen LogP contribution in [0.5, 0.6) is 11.5 Å². The lowest BCUT2D eigenvalue weighted by Crippen LogP contribution is -2.35. The fraction of sp³-hybridized carbons (Fsp3) is 0.143. The molecule has 0 bridgehead atoms. The minimum atomic E-state index is -0.438. The molecule has 0 radical (unpaired) electrons. The van der Waals surface area contributed by atoms with Crippen LogP contribution in [0.25, 0.3) is 0 Å². The Morgan fingerprint density at radius 3 is 2.50 bits per heavy atom. The van der Waals surface area contributed by atoms with Crippen molar-refractivity contribution >= 4 is 23.3 Å². The molecular weight excluding hydrogens is 383 g/mol. The Hall–Kier alpha value is -3.12. The second kappa shape index (κ2) is 9.19. The highest BCUT2D eigenvalue weighted by Crippen LogP contribution is 2.22. The summed E-state index contributed by atoms with van der Waals surface area (Å²) in [5, 5.41) is 0.241. The summed E-state index contributed by atoms with van der Waals surface area (Å²) in [7, 11) is 1.57. The van der Waals surface area contributed by atoms with E-state index in [9.17, 15) is 9.18 Å². The second-order valence-corrected chi connectivity index (χ2v) is 6.27. The van der Waals surface area contributed by atoms with Gasteiger partial charge in [-0.3, -0.25) is 9.69 Å². The summed E-state index contributed by atoms with van der Waals surface area (Å²) in [6.07, 6.45) is 1.59. The summed E-state index contributed by atoms with van der Waals surface area (Å²) in [6, 6.07) is 16.2. The van der Waals surface area contributed by atoms with E-state index >= 15 is 0 Å². The fourth-order valence-electron chi connectivity index (χ4n) is 2.53. The second-order valence-electron chi connectivity index (χ2n) is 5.87. The standard InChI is InChI=1S/C21H18ClFN2O3/c1-27-17-7-9-18(10-8-17)28-14-21(26)25(20-4-2-3-11-24-20)13-15-5-6-16(23)12-19(15)22/h2-12H,13-14H2,1H3. The van der Waals surface area contributed by atoms with Gasteiger partial charge in [-0.05, 0) is 54.1 Å². The highest BCUT2D eigenvalue weighted by molar-refractivity contribution is 6.31. The molecule has 0 aliphatic heterocycles. The molecule has 0 aliphatic carbocycles. The van der Waals surface area contributed by atoms with Crippen LogP contribution in [0, 0.1) is 5.82 Å². The van der Waals surface area contributed by atoms with Crippen LogP contribution in [0.2, 0.25) is 5.02 Å². The number of ether oxygens (including phenoxy) is 2. The summed E-state index contributed by atoms with van der Waals surface area (Å²) < 4.78 is 24.0. The van der Waals surface area contributed by atoms with E-state index < -0.39 is 5.82 Å². The number of carbonyl (C=O) groups is 1. The van der Waals surface area contributed by atoms with Gasteiger partial charge < -0.3 is 9.47 Å². The maximum absolute atomic E-state index is 13.3. The largest absolute Gasteiger partial charge is 0.497 e. The monoisotopic (exact) mass is 400 g/mol. The average molecular weight is 401 g/mol. The number of benzene rings is 2. The van der Waals surface area contributed by atoms with Crippen molar-refractivity contribution in [3.05, 3.63) is 83.3 Å². The van der Waals surface area contributed by atoms with Crippen LogP contribution in [0.4, 0.5) is 10.2 Å².